The van der Waals surface area contributed by atoms with Crippen molar-refractivity contribution >= 4 is 5.91 Å². The maximum atomic E-state index is 13.2. The summed E-state index contributed by atoms with van der Waals surface area (Å²) in [5.74, 6) is 0.122. The molecule has 0 aliphatic carbocycles. The number of carbonyl (C=O) groups excluding carboxylic acids is 1. The highest BCUT2D eigenvalue weighted by Crippen LogP contribution is 2.34. The fourth-order valence-electron chi connectivity index (χ4n) is 3.29. The summed E-state index contributed by atoms with van der Waals surface area (Å²) < 4.78 is 40.8. The Morgan fingerprint density at radius 2 is 1.92 bits per heavy atom. The molecule has 2 heterocycles. The smallest absolute Gasteiger partial charge is 0.392 e. The molecule has 1 fully saturated rings. The summed E-state index contributed by atoms with van der Waals surface area (Å²) in [5, 5.41) is 13.1. The van der Waals surface area contributed by atoms with Crippen molar-refractivity contribution in [2.45, 2.75) is 45.5 Å². The number of alkyl halides is 3. The Bertz CT molecular complexity index is 797. The van der Waals surface area contributed by atoms with Crippen molar-refractivity contribution in [2.24, 2.45) is 0 Å². The number of aromatic nitrogens is 2. The van der Waals surface area contributed by atoms with Crippen LogP contribution in [-0.4, -0.2) is 32.2 Å². The molecule has 140 valence electrons. The van der Waals surface area contributed by atoms with Gasteiger partial charge in [-0.3, -0.25) is 4.79 Å². The van der Waals surface area contributed by atoms with Crippen molar-refractivity contribution in [3.8, 4) is 5.69 Å². The first-order valence-corrected chi connectivity index (χ1v) is 8.51. The second-order valence-corrected chi connectivity index (χ2v) is 6.28. The Morgan fingerprint density at radius 3 is 2.42 bits per heavy atom. The van der Waals surface area contributed by atoms with Crippen LogP contribution < -0.4 is 0 Å². The fourth-order valence-corrected chi connectivity index (χ4v) is 3.29. The summed E-state index contributed by atoms with van der Waals surface area (Å²) in [6.07, 6.45) is -2.89. The molecule has 1 aromatic heterocycles. The third kappa shape index (κ3) is 3.46. The summed E-state index contributed by atoms with van der Waals surface area (Å²) in [6.45, 7) is 2.23. The summed E-state index contributed by atoms with van der Waals surface area (Å²) >= 11 is 0. The van der Waals surface area contributed by atoms with Gasteiger partial charge in [-0.2, -0.15) is 18.3 Å². The molecule has 0 unspecified atom stereocenters. The summed E-state index contributed by atoms with van der Waals surface area (Å²) in [7, 11) is 0. The highest BCUT2D eigenvalue weighted by molar-refractivity contribution is 5.78. The highest BCUT2D eigenvalue weighted by Gasteiger charge is 2.38. The zero-order valence-electron chi connectivity index (χ0n) is 14.4. The Balaban J connectivity index is 1.91. The minimum Gasteiger partial charge on any atom is -0.392 e. The quantitative estimate of drug-likeness (QED) is 0.884. The van der Waals surface area contributed by atoms with Crippen molar-refractivity contribution in [1.82, 2.24) is 14.7 Å². The Kier molecular flexibility index (Phi) is 5.04. The molecule has 1 N–H and O–H groups in total. The van der Waals surface area contributed by atoms with E-state index in [0.29, 0.717) is 30.8 Å². The number of aliphatic hydroxyl groups is 1. The third-order valence-electron chi connectivity index (χ3n) is 4.58. The molecular formula is C18H20F3N3O2. The molecule has 0 spiro atoms. The van der Waals surface area contributed by atoms with Gasteiger partial charge < -0.3 is 10.0 Å². The Labute approximate surface area is 149 Å². The van der Waals surface area contributed by atoms with Gasteiger partial charge in [0.25, 0.3) is 0 Å². The van der Waals surface area contributed by atoms with Gasteiger partial charge in [0.2, 0.25) is 5.91 Å². The van der Waals surface area contributed by atoms with E-state index < -0.39 is 18.5 Å². The summed E-state index contributed by atoms with van der Waals surface area (Å²) in [5.41, 5.74) is 0.494. The molecule has 1 aliphatic rings. The van der Waals surface area contributed by atoms with E-state index in [9.17, 15) is 23.1 Å². The van der Waals surface area contributed by atoms with Crippen LogP contribution in [0, 0.1) is 0 Å². The maximum absolute atomic E-state index is 13.2. The van der Waals surface area contributed by atoms with Crippen molar-refractivity contribution in [1.29, 1.82) is 0 Å². The number of nitrogens with zero attached hydrogens (tertiary/aromatic N) is 3. The molecule has 8 heteroatoms. The molecule has 3 rings (SSSR count). The van der Waals surface area contributed by atoms with Crippen LogP contribution in [-0.2, 0) is 30.5 Å². The van der Waals surface area contributed by atoms with E-state index in [1.807, 2.05) is 0 Å². The second kappa shape index (κ2) is 7.11. The monoisotopic (exact) mass is 367 g/mol. The van der Waals surface area contributed by atoms with Crippen LogP contribution in [0.5, 0.6) is 0 Å². The first-order chi connectivity index (χ1) is 12.3. The number of hydrogen-bond donors (Lipinski definition) is 1. The molecule has 1 aliphatic heterocycles. The molecule has 26 heavy (non-hydrogen) atoms. The number of hydrogen-bond acceptors (Lipinski definition) is 3. The molecule has 0 bridgehead atoms. The van der Waals surface area contributed by atoms with Crippen molar-refractivity contribution in [2.75, 3.05) is 6.54 Å². The molecule has 1 aromatic carbocycles. The number of halogens is 3. The van der Waals surface area contributed by atoms with Crippen molar-refractivity contribution < 1.29 is 23.1 Å². The fraction of sp³-hybridized carbons (Fsp3) is 0.444. The first-order valence-electron chi connectivity index (χ1n) is 8.51. The van der Waals surface area contributed by atoms with Crippen LogP contribution in [0.15, 0.2) is 24.3 Å². The van der Waals surface area contributed by atoms with E-state index in [1.54, 1.807) is 36.1 Å². The maximum Gasteiger partial charge on any atom is 0.435 e. The van der Waals surface area contributed by atoms with E-state index in [4.69, 9.17) is 0 Å². The normalized spacial score (nSPS) is 15.1. The first kappa shape index (κ1) is 18.4. The summed E-state index contributed by atoms with van der Waals surface area (Å²) in [6, 6.07) is 6.94. The van der Waals surface area contributed by atoms with Crippen LogP contribution in [0.2, 0.25) is 0 Å². The van der Waals surface area contributed by atoms with Gasteiger partial charge in [-0.1, -0.05) is 19.1 Å². The molecule has 0 saturated carbocycles. The molecule has 2 aromatic rings. The third-order valence-corrected chi connectivity index (χ3v) is 4.58. The number of amides is 1. The van der Waals surface area contributed by atoms with Crippen LogP contribution >= 0.6 is 0 Å². The van der Waals surface area contributed by atoms with Gasteiger partial charge in [-0.25, -0.2) is 4.68 Å². The Hall–Kier alpha value is -2.35. The van der Waals surface area contributed by atoms with Gasteiger partial charge in [0, 0.05) is 25.1 Å². The topological polar surface area (TPSA) is 58.4 Å². The lowest BCUT2D eigenvalue weighted by molar-refractivity contribution is -0.142. The largest absolute Gasteiger partial charge is 0.435 e. The minimum absolute atomic E-state index is 0.122. The minimum atomic E-state index is -4.62. The number of carbonyl (C=O) groups is 1. The van der Waals surface area contributed by atoms with E-state index in [2.05, 4.69) is 5.10 Å². The van der Waals surface area contributed by atoms with Crippen LogP contribution in [0.1, 0.15) is 42.3 Å². The van der Waals surface area contributed by atoms with Gasteiger partial charge in [0.1, 0.15) is 0 Å². The average molecular weight is 367 g/mol. The van der Waals surface area contributed by atoms with Crippen molar-refractivity contribution in [3.63, 3.8) is 0 Å². The number of aliphatic hydroxyl groups excluding tert-OH is 1. The number of benzene rings is 1. The van der Waals surface area contributed by atoms with Gasteiger partial charge in [-0.05, 0) is 30.5 Å². The molecule has 0 atom stereocenters. The average Bonchev–Trinajstić information content (AvgIpc) is 3.18. The lowest BCUT2D eigenvalue weighted by atomic mass is 10.1. The SMILES string of the molecule is CCc1c(CO)c(C(F)(F)F)nn1-c1ccc(CN2CCCC2=O)cc1. The van der Waals surface area contributed by atoms with Gasteiger partial charge in [0.05, 0.1) is 18.0 Å². The van der Waals surface area contributed by atoms with Gasteiger partial charge >= 0.3 is 6.18 Å². The van der Waals surface area contributed by atoms with Gasteiger partial charge in [-0.15, -0.1) is 0 Å². The van der Waals surface area contributed by atoms with E-state index in [-0.39, 0.29) is 11.5 Å². The Morgan fingerprint density at radius 1 is 1.23 bits per heavy atom. The molecule has 0 radical (unpaired) electrons. The zero-order valence-corrected chi connectivity index (χ0v) is 14.4. The predicted octanol–water partition coefficient (Wildman–Crippen LogP) is 3.07. The molecule has 1 saturated heterocycles. The van der Waals surface area contributed by atoms with E-state index in [0.717, 1.165) is 18.5 Å². The molecule has 1 amide bonds. The van der Waals surface area contributed by atoms with E-state index >= 15 is 0 Å². The van der Waals surface area contributed by atoms with Crippen LogP contribution in [0.25, 0.3) is 5.69 Å². The molecular weight excluding hydrogens is 347 g/mol. The summed E-state index contributed by atoms with van der Waals surface area (Å²) in [4.78, 5) is 13.5. The predicted molar refractivity (Wildman–Crippen MR) is 88.5 cm³/mol. The second-order valence-electron chi connectivity index (χ2n) is 6.28. The van der Waals surface area contributed by atoms with Gasteiger partial charge in [0.15, 0.2) is 5.69 Å². The zero-order chi connectivity index (χ0) is 18.9. The van der Waals surface area contributed by atoms with E-state index in [1.165, 1.54) is 4.68 Å². The lowest BCUT2D eigenvalue weighted by Crippen LogP contribution is -2.23. The highest BCUT2D eigenvalue weighted by atomic mass is 19.4. The van der Waals surface area contributed by atoms with Crippen molar-refractivity contribution in [3.05, 3.63) is 46.8 Å². The lowest BCUT2D eigenvalue weighted by Gasteiger charge is -2.16. The standard InChI is InChI=1S/C18H20F3N3O2/c1-2-15-14(11-25)17(18(19,20)21)22-24(15)13-7-5-12(6-8-13)10-23-9-3-4-16(23)26/h5-8,25H,2-4,9-11H2,1H3. The van der Waals surface area contributed by atoms with Crippen LogP contribution in [0.3, 0.4) is 0 Å². The molecule has 5 nitrogen and oxygen atoms in total. The number of rotatable bonds is 5. The number of likely N-dealkylation sites (tertiary alicyclic amines) is 1. The van der Waals surface area contributed by atoms with Crippen LogP contribution in [0.4, 0.5) is 13.2 Å².